The average molecular weight is 467 g/mol. The molecule has 3 aliphatic rings. The fourth-order valence-corrected chi connectivity index (χ4v) is 5.53. The van der Waals surface area contributed by atoms with Crippen LogP contribution in [0.1, 0.15) is 45.1 Å². The van der Waals surface area contributed by atoms with Crippen LogP contribution in [0.2, 0.25) is 0 Å². The van der Waals surface area contributed by atoms with Crippen LogP contribution in [0.25, 0.3) is 0 Å². The standard InChI is InChI=1S/C26H34N4O2.CH4O/c1-18-5-6-20(14-18)15-19(2)26(31)30-17-21-4-3-9-27-25(21)28-23-8-7-22(16-24(23)30)29-10-12-32-13-11-29;1-2/h3-4,7-9,16,18-20H,5-6,10-15,17H2,1-2H3,(H,27,28);2H,1H3. The van der Waals surface area contributed by atoms with E-state index in [0.29, 0.717) is 12.5 Å². The molecule has 3 unspecified atom stereocenters. The first kappa shape index (κ1) is 24.5. The third kappa shape index (κ3) is 5.36. The van der Waals surface area contributed by atoms with Crippen molar-refractivity contribution in [3.8, 4) is 0 Å². The first-order valence-electron chi connectivity index (χ1n) is 12.5. The highest BCUT2D eigenvalue weighted by Crippen LogP contribution is 2.40. The lowest BCUT2D eigenvalue weighted by atomic mass is 9.92. The molecule has 1 amide bonds. The van der Waals surface area contributed by atoms with Crippen molar-refractivity contribution in [1.82, 2.24) is 4.98 Å². The summed E-state index contributed by atoms with van der Waals surface area (Å²) < 4.78 is 5.53. The van der Waals surface area contributed by atoms with E-state index >= 15 is 0 Å². The van der Waals surface area contributed by atoms with E-state index < -0.39 is 0 Å². The van der Waals surface area contributed by atoms with E-state index in [9.17, 15) is 4.79 Å². The molecule has 3 atom stereocenters. The van der Waals surface area contributed by atoms with Gasteiger partial charge >= 0.3 is 0 Å². The van der Waals surface area contributed by atoms with Gasteiger partial charge < -0.3 is 25.0 Å². The molecule has 2 aliphatic heterocycles. The van der Waals surface area contributed by atoms with Crippen molar-refractivity contribution in [2.45, 2.75) is 46.1 Å². The van der Waals surface area contributed by atoms with E-state index in [-0.39, 0.29) is 11.8 Å². The van der Waals surface area contributed by atoms with Crippen molar-refractivity contribution in [3.05, 3.63) is 42.1 Å². The van der Waals surface area contributed by atoms with E-state index in [1.54, 1.807) is 6.20 Å². The Hall–Kier alpha value is -2.64. The number of morpholine rings is 1. The third-order valence-corrected chi connectivity index (χ3v) is 7.30. The third-order valence-electron chi connectivity index (χ3n) is 7.30. The molecule has 0 spiro atoms. The Labute approximate surface area is 203 Å². The molecule has 1 aliphatic carbocycles. The Morgan fingerprint density at radius 1 is 1.24 bits per heavy atom. The molecule has 2 N–H and O–H groups in total. The fraction of sp³-hybridized carbons (Fsp3) is 0.556. The Morgan fingerprint density at radius 3 is 2.76 bits per heavy atom. The van der Waals surface area contributed by atoms with Crippen LogP contribution in [0.15, 0.2) is 36.5 Å². The van der Waals surface area contributed by atoms with Gasteiger partial charge in [0.1, 0.15) is 5.82 Å². The molecule has 0 bridgehead atoms. The highest BCUT2D eigenvalue weighted by molar-refractivity contribution is 6.00. The molecule has 1 aromatic carbocycles. The molecule has 5 rings (SSSR count). The number of anilines is 4. The summed E-state index contributed by atoms with van der Waals surface area (Å²) in [4.78, 5) is 22.7. The predicted molar refractivity (Wildman–Crippen MR) is 137 cm³/mol. The molecule has 34 heavy (non-hydrogen) atoms. The van der Waals surface area contributed by atoms with Gasteiger partial charge in [0.2, 0.25) is 5.91 Å². The number of amides is 1. The second-order valence-corrected chi connectivity index (χ2v) is 9.78. The van der Waals surface area contributed by atoms with E-state index in [1.165, 1.54) is 19.3 Å². The number of carbonyl (C=O) groups is 1. The van der Waals surface area contributed by atoms with Crippen LogP contribution in [-0.4, -0.2) is 49.4 Å². The van der Waals surface area contributed by atoms with Crippen molar-refractivity contribution >= 4 is 28.8 Å². The number of hydrogen-bond acceptors (Lipinski definition) is 6. The first-order chi connectivity index (χ1) is 16.6. The SMILES string of the molecule is CC1CCC(CC(C)C(=O)N2Cc3cccnc3Nc3ccc(N4CCOCC4)cc32)C1.CO. The lowest BCUT2D eigenvalue weighted by Gasteiger charge is -2.31. The number of aromatic nitrogens is 1. The summed E-state index contributed by atoms with van der Waals surface area (Å²) in [7, 11) is 1.00. The second-order valence-electron chi connectivity index (χ2n) is 9.78. The molecule has 7 nitrogen and oxygen atoms in total. The zero-order valence-electron chi connectivity index (χ0n) is 20.7. The molecular weight excluding hydrogens is 428 g/mol. The van der Waals surface area contributed by atoms with Crippen molar-refractivity contribution in [3.63, 3.8) is 0 Å². The highest BCUT2D eigenvalue weighted by Gasteiger charge is 2.31. The second kappa shape index (κ2) is 11.2. The van der Waals surface area contributed by atoms with Gasteiger partial charge in [0.05, 0.1) is 31.1 Å². The summed E-state index contributed by atoms with van der Waals surface area (Å²) in [6.07, 6.45) is 6.58. The fourth-order valence-electron chi connectivity index (χ4n) is 5.53. The van der Waals surface area contributed by atoms with Crippen LogP contribution >= 0.6 is 0 Å². The number of benzene rings is 1. The van der Waals surface area contributed by atoms with Gasteiger partial charge in [0.15, 0.2) is 0 Å². The number of pyridine rings is 1. The molecule has 184 valence electrons. The van der Waals surface area contributed by atoms with Crippen LogP contribution < -0.4 is 15.1 Å². The number of nitrogens with one attached hydrogen (secondary N) is 1. The van der Waals surface area contributed by atoms with Gasteiger partial charge in [0, 0.05) is 43.6 Å². The molecule has 2 fully saturated rings. The molecule has 7 heteroatoms. The van der Waals surface area contributed by atoms with Crippen molar-refractivity contribution < 1.29 is 14.6 Å². The number of fused-ring (bicyclic) bond motifs is 2. The lowest BCUT2D eigenvalue weighted by Crippen LogP contribution is -2.37. The Morgan fingerprint density at radius 2 is 2.03 bits per heavy atom. The number of rotatable bonds is 4. The van der Waals surface area contributed by atoms with Gasteiger partial charge in [-0.15, -0.1) is 0 Å². The molecule has 1 saturated carbocycles. The van der Waals surface area contributed by atoms with Gasteiger partial charge in [-0.05, 0) is 48.9 Å². The maximum atomic E-state index is 13.8. The molecule has 3 heterocycles. The number of aliphatic hydroxyl groups excluding tert-OH is 1. The molecule has 2 aromatic rings. The smallest absolute Gasteiger partial charge is 0.230 e. The number of ether oxygens (including phenoxy) is 1. The summed E-state index contributed by atoms with van der Waals surface area (Å²) in [6.45, 7) is 8.21. The predicted octanol–water partition coefficient (Wildman–Crippen LogP) is 4.58. The summed E-state index contributed by atoms with van der Waals surface area (Å²) in [5, 5.41) is 10.5. The normalized spacial score (nSPS) is 22.5. The Kier molecular flexibility index (Phi) is 8.06. The number of hydrogen-bond donors (Lipinski definition) is 2. The maximum absolute atomic E-state index is 13.8. The zero-order chi connectivity index (χ0) is 24.1. The van der Waals surface area contributed by atoms with Crippen molar-refractivity contribution in [2.75, 3.05) is 48.5 Å². The zero-order valence-corrected chi connectivity index (χ0v) is 20.7. The van der Waals surface area contributed by atoms with E-state index in [1.807, 2.05) is 11.0 Å². The van der Waals surface area contributed by atoms with Gasteiger partial charge in [-0.25, -0.2) is 4.98 Å². The summed E-state index contributed by atoms with van der Waals surface area (Å²) >= 11 is 0. The largest absolute Gasteiger partial charge is 0.400 e. The van der Waals surface area contributed by atoms with Crippen molar-refractivity contribution in [1.29, 1.82) is 0 Å². The summed E-state index contributed by atoms with van der Waals surface area (Å²) in [5.41, 5.74) is 4.08. The van der Waals surface area contributed by atoms with Crippen molar-refractivity contribution in [2.24, 2.45) is 17.8 Å². The van der Waals surface area contributed by atoms with Crippen LogP contribution in [-0.2, 0) is 16.1 Å². The van der Waals surface area contributed by atoms with Gasteiger partial charge in [0.25, 0.3) is 0 Å². The topological polar surface area (TPSA) is 77.9 Å². The van der Waals surface area contributed by atoms with Gasteiger partial charge in [-0.2, -0.15) is 0 Å². The summed E-state index contributed by atoms with van der Waals surface area (Å²) in [6, 6.07) is 10.4. The molecule has 0 radical (unpaired) electrons. The van der Waals surface area contributed by atoms with E-state index in [4.69, 9.17) is 9.84 Å². The minimum Gasteiger partial charge on any atom is -0.400 e. The number of nitrogens with zero attached hydrogens (tertiary/aromatic N) is 3. The maximum Gasteiger partial charge on any atom is 0.230 e. The van der Waals surface area contributed by atoms with E-state index in [2.05, 4.69) is 53.3 Å². The highest BCUT2D eigenvalue weighted by atomic mass is 16.5. The minimum atomic E-state index is 0.00316. The summed E-state index contributed by atoms with van der Waals surface area (Å²) in [5.74, 6) is 2.51. The first-order valence-corrected chi connectivity index (χ1v) is 12.5. The molecule has 1 aromatic heterocycles. The van der Waals surface area contributed by atoms with Gasteiger partial charge in [-0.3, -0.25) is 4.79 Å². The minimum absolute atomic E-state index is 0.00316. The van der Waals surface area contributed by atoms with Crippen LogP contribution in [0.3, 0.4) is 0 Å². The molecular formula is C27H38N4O3. The molecule has 1 saturated heterocycles. The number of aliphatic hydroxyl groups is 1. The quantitative estimate of drug-likeness (QED) is 0.687. The van der Waals surface area contributed by atoms with Crippen LogP contribution in [0.4, 0.5) is 22.9 Å². The lowest BCUT2D eigenvalue weighted by molar-refractivity contribution is -0.122. The monoisotopic (exact) mass is 466 g/mol. The number of carbonyl (C=O) groups excluding carboxylic acids is 1. The Bertz CT molecular complexity index is 976. The van der Waals surface area contributed by atoms with Gasteiger partial charge in [-0.1, -0.05) is 32.8 Å². The Balaban J connectivity index is 0.00000133. The van der Waals surface area contributed by atoms with E-state index in [0.717, 1.165) is 74.2 Å². The van der Waals surface area contributed by atoms with Crippen LogP contribution in [0.5, 0.6) is 0 Å². The average Bonchev–Trinajstić information content (AvgIpc) is 3.21. The van der Waals surface area contributed by atoms with Crippen LogP contribution in [0, 0.1) is 17.8 Å².